The number of nitrogens with one attached hydrogen (secondary N) is 1. The molecule has 1 unspecified atom stereocenters. The maximum absolute atomic E-state index is 13.3. The van der Waals surface area contributed by atoms with Gasteiger partial charge in [0.05, 0.1) is 6.04 Å². The summed E-state index contributed by atoms with van der Waals surface area (Å²) in [5, 5.41) is 4.75. The molecule has 2 amide bonds. The van der Waals surface area contributed by atoms with Crippen molar-refractivity contribution in [3.63, 3.8) is 0 Å². The van der Waals surface area contributed by atoms with Gasteiger partial charge in [-0.25, -0.2) is 8.78 Å². The number of amides is 2. The van der Waals surface area contributed by atoms with Crippen molar-refractivity contribution >= 4 is 23.2 Å². The number of carbonyl (C=O) groups is 2. The molecule has 1 aromatic heterocycles. The van der Waals surface area contributed by atoms with E-state index < -0.39 is 17.7 Å². The second-order valence-electron chi connectivity index (χ2n) is 6.40. The molecule has 0 fully saturated rings. The summed E-state index contributed by atoms with van der Waals surface area (Å²) in [7, 11) is 0. The minimum Gasteiger partial charge on any atom is -0.350 e. The lowest BCUT2D eigenvalue weighted by Crippen LogP contribution is -2.36. The fourth-order valence-electron chi connectivity index (χ4n) is 3.02. The van der Waals surface area contributed by atoms with Crippen molar-refractivity contribution < 1.29 is 18.4 Å². The van der Waals surface area contributed by atoms with E-state index in [9.17, 15) is 18.4 Å². The third-order valence-corrected chi connectivity index (χ3v) is 5.57. The van der Waals surface area contributed by atoms with E-state index in [0.717, 1.165) is 18.6 Å². The van der Waals surface area contributed by atoms with Gasteiger partial charge in [0.1, 0.15) is 0 Å². The summed E-state index contributed by atoms with van der Waals surface area (Å²) in [6.45, 7) is 2.97. The Labute approximate surface area is 154 Å². The largest absolute Gasteiger partial charge is 0.350 e. The number of nitrogens with zero attached hydrogens (tertiary/aromatic N) is 1. The lowest BCUT2D eigenvalue weighted by atomic mass is 10.1. The molecule has 1 N–H and O–H groups in total. The van der Waals surface area contributed by atoms with Gasteiger partial charge in [-0.05, 0) is 48.1 Å². The summed E-state index contributed by atoms with van der Waals surface area (Å²) in [6.07, 6.45) is 1.06. The highest BCUT2D eigenvalue weighted by Crippen LogP contribution is 2.24. The van der Waals surface area contributed by atoms with Crippen LogP contribution in [0, 0.1) is 11.6 Å². The smallest absolute Gasteiger partial charge is 0.223 e. The second-order valence-corrected chi connectivity index (χ2v) is 7.40. The third kappa shape index (κ3) is 4.27. The van der Waals surface area contributed by atoms with E-state index in [1.54, 1.807) is 23.2 Å². The fourth-order valence-corrected chi connectivity index (χ4v) is 3.91. The van der Waals surface area contributed by atoms with E-state index in [0.29, 0.717) is 18.7 Å². The van der Waals surface area contributed by atoms with Gasteiger partial charge < -0.3 is 10.2 Å². The van der Waals surface area contributed by atoms with E-state index in [4.69, 9.17) is 0 Å². The summed E-state index contributed by atoms with van der Waals surface area (Å²) in [4.78, 5) is 27.5. The van der Waals surface area contributed by atoms with Crippen LogP contribution in [-0.2, 0) is 22.6 Å². The van der Waals surface area contributed by atoms with E-state index in [1.807, 2.05) is 11.4 Å². The number of benzene rings is 1. The number of thiophene rings is 1. The second kappa shape index (κ2) is 7.95. The lowest BCUT2D eigenvalue weighted by molar-refractivity contribution is -0.134. The summed E-state index contributed by atoms with van der Waals surface area (Å²) >= 11 is 1.71. The zero-order chi connectivity index (χ0) is 18.7. The first-order valence-corrected chi connectivity index (χ1v) is 9.39. The van der Waals surface area contributed by atoms with Gasteiger partial charge >= 0.3 is 0 Å². The van der Waals surface area contributed by atoms with Crippen LogP contribution in [0.5, 0.6) is 0 Å². The molecule has 0 radical (unpaired) electrons. The summed E-state index contributed by atoms with van der Waals surface area (Å²) < 4.78 is 26.3. The molecular formula is C19H20F2N2O2S. The lowest BCUT2D eigenvalue weighted by Gasteiger charge is -2.27. The normalized spacial score (nSPS) is 14.7. The van der Waals surface area contributed by atoms with E-state index in [-0.39, 0.29) is 24.7 Å². The number of hydrogen-bond acceptors (Lipinski definition) is 3. The molecule has 3 rings (SSSR count). The van der Waals surface area contributed by atoms with Gasteiger partial charge in [0.25, 0.3) is 0 Å². The molecule has 2 aromatic rings. The maximum atomic E-state index is 13.3. The van der Waals surface area contributed by atoms with Gasteiger partial charge in [0.15, 0.2) is 11.6 Å². The molecule has 0 bridgehead atoms. The minimum absolute atomic E-state index is 0.0440. The molecule has 0 aliphatic carbocycles. The average molecular weight is 378 g/mol. The van der Waals surface area contributed by atoms with E-state index >= 15 is 0 Å². The van der Waals surface area contributed by atoms with Crippen LogP contribution >= 0.6 is 11.3 Å². The highest BCUT2D eigenvalue weighted by Gasteiger charge is 2.22. The van der Waals surface area contributed by atoms with Gasteiger partial charge in [-0.2, -0.15) is 0 Å². The summed E-state index contributed by atoms with van der Waals surface area (Å²) in [5.41, 5.74) is 1.66. The number of hydrogen-bond donors (Lipinski definition) is 1. The zero-order valence-corrected chi connectivity index (χ0v) is 15.2. The van der Waals surface area contributed by atoms with Crippen molar-refractivity contribution in [1.29, 1.82) is 0 Å². The molecule has 4 nitrogen and oxygen atoms in total. The van der Waals surface area contributed by atoms with Crippen molar-refractivity contribution in [2.24, 2.45) is 0 Å². The molecule has 7 heteroatoms. The molecule has 1 aromatic carbocycles. The summed E-state index contributed by atoms with van der Waals surface area (Å²) in [6, 6.07) is 5.11. The summed E-state index contributed by atoms with van der Waals surface area (Å²) in [5.74, 6) is -2.20. The van der Waals surface area contributed by atoms with Crippen LogP contribution in [0.3, 0.4) is 0 Å². The van der Waals surface area contributed by atoms with E-state index in [2.05, 4.69) is 5.32 Å². The molecule has 0 spiro atoms. The molecule has 2 heterocycles. The van der Waals surface area contributed by atoms with Crippen molar-refractivity contribution in [1.82, 2.24) is 10.2 Å². The monoisotopic (exact) mass is 378 g/mol. The Balaban J connectivity index is 1.47. The standard InChI is InChI=1S/C19H20F2N2O2S/c1-12(13-2-3-15(20)16(21)10-13)22-18(24)4-5-19(25)23-8-6-17-14(11-23)7-9-26-17/h2-3,7,9-10,12H,4-6,8,11H2,1H3,(H,22,24). The molecule has 0 saturated heterocycles. The van der Waals surface area contributed by atoms with Crippen LogP contribution in [0.2, 0.25) is 0 Å². The first-order valence-electron chi connectivity index (χ1n) is 8.51. The number of carbonyl (C=O) groups excluding carboxylic acids is 2. The van der Waals surface area contributed by atoms with Gasteiger partial charge in [-0.15, -0.1) is 11.3 Å². The van der Waals surface area contributed by atoms with Crippen molar-refractivity contribution in [3.8, 4) is 0 Å². The Morgan fingerprint density at radius 2 is 2.04 bits per heavy atom. The molecule has 1 aliphatic heterocycles. The topological polar surface area (TPSA) is 49.4 Å². The molecular weight excluding hydrogens is 358 g/mol. The third-order valence-electron chi connectivity index (χ3n) is 4.55. The molecule has 138 valence electrons. The SMILES string of the molecule is CC(NC(=O)CCC(=O)N1CCc2sccc2C1)c1ccc(F)c(F)c1. The quantitative estimate of drug-likeness (QED) is 0.865. The van der Waals surface area contributed by atoms with Crippen LogP contribution in [0.4, 0.5) is 8.78 Å². The zero-order valence-electron chi connectivity index (χ0n) is 14.4. The van der Waals surface area contributed by atoms with Gasteiger partial charge in [0.2, 0.25) is 11.8 Å². The molecule has 26 heavy (non-hydrogen) atoms. The Kier molecular flexibility index (Phi) is 5.66. The van der Waals surface area contributed by atoms with Crippen molar-refractivity contribution in [2.45, 2.75) is 38.8 Å². The van der Waals surface area contributed by atoms with Crippen molar-refractivity contribution in [2.75, 3.05) is 6.54 Å². The molecule has 1 aliphatic rings. The highest BCUT2D eigenvalue weighted by atomic mass is 32.1. The highest BCUT2D eigenvalue weighted by molar-refractivity contribution is 7.10. The number of rotatable bonds is 5. The Hall–Kier alpha value is -2.28. The van der Waals surface area contributed by atoms with Crippen LogP contribution in [0.15, 0.2) is 29.6 Å². The fraction of sp³-hybridized carbons (Fsp3) is 0.368. The van der Waals surface area contributed by atoms with Gasteiger partial charge in [0, 0.05) is 30.8 Å². The van der Waals surface area contributed by atoms with E-state index in [1.165, 1.54) is 16.5 Å². The predicted molar refractivity (Wildman–Crippen MR) is 95.6 cm³/mol. The van der Waals surface area contributed by atoms with Crippen LogP contribution in [-0.4, -0.2) is 23.3 Å². The first-order chi connectivity index (χ1) is 12.4. The van der Waals surface area contributed by atoms with Gasteiger partial charge in [-0.3, -0.25) is 9.59 Å². The predicted octanol–water partition coefficient (Wildman–Crippen LogP) is 3.57. The molecule has 1 atom stereocenters. The Morgan fingerprint density at radius 1 is 1.23 bits per heavy atom. The first kappa shape index (κ1) is 18.5. The van der Waals surface area contributed by atoms with Crippen LogP contribution in [0.1, 0.15) is 41.8 Å². The Morgan fingerprint density at radius 3 is 2.81 bits per heavy atom. The number of fused-ring (bicyclic) bond motifs is 1. The maximum Gasteiger partial charge on any atom is 0.223 e. The minimum atomic E-state index is -0.948. The van der Waals surface area contributed by atoms with Gasteiger partial charge in [-0.1, -0.05) is 6.07 Å². The number of halogens is 2. The van der Waals surface area contributed by atoms with Crippen LogP contribution < -0.4 is 5.32 Å². The van der Waals surface area contributed by atoms with Crippen LogP contribution in [0.25, 0.3) is 0 Å². The molecule has 0 saturated carbocycles. The Bertz CT molecular complexity index is 822. The average Bonchev–Trinajstić information content (AvgIpc) is 3.09. The van der Waals surface area contributed by atoms with Crippen molar-refractivity contribution in [3.05, 3.63) is 57.3 Å².